The average Bonchev–Trinajstić information content (AvgIpc) is 2.46. The van der Waals surface area contributed by atoms with Crippen molar-refractivity contribution in [2.75, 3.05) is 5.33 Å². The Labute approximate surface area is 135 Å². The van der Waals surface area contributed by atoms with Gasteiger partial charge >= 0.3 is 0 Å². The van der Waals surface area contributed by atoms with Crippen molar-refractivity contribution in [3.8, 4) is 0 Å². The SMILES string of the molecule is CC(CBr)(OCc1ccccc1F)c1ccccc1Br. The lowest BCUT2D eigenvalue weighted by Gasteiger charge is -2.29. The lowest BCUT2D eigenvalue weighted by molar-refractivity contribution is -0.0304. The average molecular weight is 402 g/mol. The van der Waals surface area contributed by atoms with Gasteiger partial charge in [0.25, 0.3) is 0 Å². The first-order valence-electron chi connectivity index (χ1n) is 6.25. The van der Waals surface area contributed by atoms with Crippen LogP contribution in [0.1, 0.15) is 18.1 Å². The van der Waals surface area contributed by atoms with Crippen molar-refractivity contribution in [2.24, 2.45) is 0 Å². The van der Waals surface area contributed by atoms with Crippen LogP contribution in [0.25, 0.3) is 0 Å². The largest absolute Gasteiger partial charge is 0.365 e. The van der Waals surface area contributed by atoms with E-state index in [1.54, 1.807) is 12.1 Å². The topological polar surface area (TPSA) is 9.23 Å². The van der Waals surface area contributed by atoms with E-state index in [1.807, 2.05) is 37.3 Å². The highest BCUT2D eigenvalue weighted by atomic mass is 79.9. The Morgan fingerprint density at radius 1 is 1.10 bits per heavy atom. The van der Waals surface area contributed by atoms with Gasteiger partial charge in [0.1, 0.15) is 11.4 Å². The van der Waals surface area contributed by atoms with Crippen LogP contribution in [0.3, 0.4) is 0 Å². The highest BCUT2D eigenvalue weighted by Crippen LogP contribution is 2.34. The Morgan fingerprint density at radius 2 is 1.75 bits per heavy atom. The Bertz CT molecular complexity index is 588. The second-order valence-electron chi connectivity index (χ2n) is 4.72. The molecule has 0 heterocycles. The first-order chi connectivity index (χ1) is 9.57. The zero-order valence-corrected chi connectivity index (χ0v) is 14.2. The van der Waals surface area contributed by atoms with Gasteiger partial charge in [-0.15, -0.1) is 0 Å². The minimum absolute atomic E-state index is 0.232. The number of ether oxygens (including phenoxy) is 1. The summed E-state index contributed by atoms with van der Waals surface area (Å²) in [5, 5.41) is 0.622. The van der Waals surface area contributed by atoms with E-state index in [2.05, 4.69) is 31.9 Å². The van der Waals surface area contributed by atoms with Crippen LogP contribution in [0.2, 0.25) is 0 Å². The number of halogens is 3. The van der Waals surface area contributed by atoms with Crippen LogP contribution < -0.4 is 0 Å². The van der Waals surface area contributed by atoms with Gasteiger partial charge in [0, 0.05) is 15.4 Å². The van der Waals surface area contributed by atoms with Gasteiger partial charge < -0.3 is 4.74 Å². The second-order valence-corrected chi connectivity index (χ2v) is 6.14. The van der Waals surface area contributed by atoms with Crippen molar-refractivity contribution < 1.29 is 9.13 Å². The van der Waals surface area contributed by atoms with Crippen molar-refractivity contribution in [1.82, 2.24) is 0 Å². The Kier molecular flexibility index (Phi) is 5.35. The van der Waals surface area contributed by atoms with Gasteiger partial charge in [-0.1, -0.05) is 68.3 Å². The molecule has 0 aliphatic carbocycles. The molecule has 20 heavy (non-hydrogen) atoms. The fourth-order valence-corrected chi connectivity index (χ4v) is 3.10. The van der Waals surface area contributed by atoms with E-state index >= 15 is 0 Å². The fourth-order valence-electron chi connectivity index (χ4n) is 1.93. The van der Waals surface area contributed by atoms with Crippen molar-refractivity contribution in [2.45, 2.75) is 19.1 Å². The predicted octanol–water partition coefficient (Wildman–Crippen LogP) is 5.42. The Morgan fingerprint density at radius 3 is 2.40 bits per heavy atom. The zero-order chi connectivity index (χ0) is 14.6. The molecular weight excluding hydrogens is 387 g/mol. The molecule has 0 spiro atoms. The van der Waals surface area contributed by atoms with Gasteiger partial charge in [0.05, 0.1) is 6.61 Å². The number of rotatable bonds is 5. The molecule has 1 atom stereocenters. The van der Waals surface area contributed by atoms with Crippen LogP contribution in [0.5, 0.6) is 0 Å². The highest BCUT2D eigenvalue weighted by Gasteiger charge is 2.28. The Hall–Kier alpha value is -0.710. The summed E-state index contributed by atoms with van der Waals surface area (Å²) >= 11 is 7.03. The van der Waals surface area contributed by atoms with Crippen LogP contribution in [0.15, 0.2) is 53.0 Å². The van der Waals surface area contributed by atoms with Crippen molar-refractivity contribution in [3.63, 3.8) is 0 Å². The molecule has 1 unspecified atom stereocenters. The third kappa shape index (κ3) is 3.48. The van der Waals surface area contributed by atoms with Gasteiger partial charge in [-0.3, -0.25) is 0 Å². The predicted molar refractivity (Wildman–Crippen MR) is 86.5 cm³/mol. The number of alkyl halides is 1. The van der Waals surface area contributed by atoms with E-state index in [0.29, 0.717) is 10.9 Å². The molecule has 2 aromatic carbocycles. The first kappa shape index (κ1) is 15.7. The molecule has 0 aliphatic rings. The van der Waals surface area contributed by atoms with Crippen molar-refractivity contribution in [3.05, 3.63) is 69.9 Å². The number of hydrogen-bond acceptors (Lipinski definition) is 1. The summed E-state index contributed by atoms with van der Waals surface area (Å²) in [6.07, 6.45) is 0. The molecule has 0 saturated heterocycles. The monoisotopic (exact) mass is 400 g/mol. The van der Waals surface area contributed by atoms with Crippen LogP contribution >= 0.6 is 31.9 Å². The molecule has 2 rings (SSSR count). The van der Waals surface area contributed by atoms with E-state index in [1.165, 1.54) is 6.07 Å². The molecule has 0 aromatic heterocycles. The maximum Gasteiger partial charge on any atom is 0.128 e. The maximum absolute atomic E-state index is 13.6. The van der Waals surface area contributed by atoms with Gasteiger partial charge in [-0.05, 0) is 24.6 Å². The van der Waals surface area contributed by atoms with Gasteiger partial charge in [-0.2, -0.15) is 0 Å². The highest BCUT2D eigenvalue weighted by molar-refractivity contribution is 9.10. The van der Waals surface area contributed by atoms with Crippen LogP contribution in [0.4, 0.5) is 4.39 Å². The molecule has 4 heteroatoms. The summed E-state index contributed by atoms with van der Waals surface area (Å²) in [4.78, 5) is 0. The summed E-state index contributed by atoms with van der Waals surface area (Å²) in [7, 11) is 0. The third-order valence-electron chi connectivity index (χ3n) is 3.20. The van der Waals surface area contributed by atoms with E-state index in [9.17, 15) is 4.39 Å². The molecule has 2 aromatic rings. The van der Waals surface area contributed by atoms with Gasteiger partial charge in [0.2, 0.25) is 0 Å². The summed E-state index contributed by atoms with van der Waals surface area (Å²) in [6.45, 7) is 2.22. The Balaban J connectivity index is 2.21. The molecule has 0 radical (unpaired) electrons. The maximum atomic E-state index is 13.6. The van der Waals surface area contributed by atoms with E-state index in [-0.39, 0.29) is 12.4 Å². The van der Waals surface area contributed by atoms with E-state index < -0.39 is 5.60 Å². The molecule has 106 valence electrons. The number of hydrogen-bond donors (Lipinski definition) is 0. The molecule has 0 saturated carbocycles. The summed E-state index contributed by atoms with van der Waals surface area (Å²) in [5.74, 6) is -0.239. The smallest absolute Gasteiger partial charge is 0.128 e. The van der Waals surface area contributed by atoms with Gasteiger partial charge in [-0.25, -0.2) is 4.39 Å². The summed E-state index contributed by atoms with van der Waals surface area (Å²) in [6, 6.07) is 14.6. The fraction of sp³-hybridized carbons (Fsp3) is 0.250. The molecule has 0 fully saturated rings. The number of benzene rings is 2. The molecule has 0 N–H and O–H groups in total. The minimum atomic E-state index is -0.525. The third-order valence-corrected chi connectivity index (χ3v) is 4.96. The minimum Gasteiger partial charge on any atom is -0.365 e. The molecule has 0 aliphatic heterocycles. The van der Waals surface area contributed by atoms with Crippen LogP contribution in [-0.4, -0.2) is 5.33 Å². The first-order valence-corrected chi connectivity index (χ1v) is 8.16. The zero-order valence-electron chi connectivity index (χ0n) is 11.1. The standard InChI is InChI=1S/C16H15Br2FO/c1-16(11-17,13-7-3-4-8-14(13)18)20-10-12-6-2-5-9-15(12)19/h2-9H,10-11H2,1H3. The van der Waals surface area contributed by atoms with Gasteiger partial charge in [0.15, 0.2) is 0 Å². The molecular formula is C16H15Br2FO. The lowest BCUT2D eigenvalue weighted by atomic mass is 9.98. The lowest BCUT2D eigenvalue weighted by Crippen LogP contribution is -2.28. The van der Waals surface area contributed by atoms with E-state index in [0.717, 1.165) is 10.0 Å². The van der Waals surface area contributed by atoms with Crippen LogP contribution in [-0.2, 0) is 16.9 Å². The second kappa shape index (κ2) is 6.83. The molecule has 1 nitrogen and oxygen atoms in total. The molecule has 0 bridgehead atoms. The quantitative estimate of drug-likeness (QED) is 0.608. The van der Waals surface area contributed by atoms with Crippen molar-refractivity contribution >= 4 is 31.9 Å². The van der Waals surface area contributed by atoms with Crippen molar-refractivity contribution in [1.29, 1.82) is 0 Å². The summed E-state index contributed by atoms with van der Waals surface area (Å²) in [5.41, 5.74) is 1.07. The van der Waals surface area contributed by atoms with Crippen LogP contribution in [0, 0.1) is 5.82 Å². The van der Waals surface area contributed by atoms with E-state index in [4.69, 9.17) is 4.74 Å². The summed E-state index contributed by atoms with van der Waals surface area (Å²) < 4.78 is 20.6. The molecule has 0 amide bonds. The normalized spacial score (nSPS) is 14.0.